The summed E-state index contributed by atoms with van der Waals surface area (Å²) in [5.41, 5.74) is 4.08. The molecule has 2 aromatic rings. The first-order valence-corrected chi connectivity index (χ1v) is 5.40. The third kappa shape index (κ3) is 2.17. The molecule has 0 aliphatic rings. The van der Waals surface area contributed by atoms with Crippen molar-refractivity contribution in [3.05, 3.63) is 40.4 Å². The molecule has 0 aliphatic carbocycles. The van der Waals surface area contributed by atoms with Gasteiger partial charge in [-0.05, 0) is 19.9 Å². The van der Waals surface area contributed by atoms with Crippen molar-refractivity contribution in [3.8, 4) is 0 Å². The summed E-state index contributed by atoms with van der Waals surface area (Å²) in [5, 5.41) is 11.0. The molecule has 2 aromatic heterocycles. The van der Waals surface area contributed by atoms with Crippen LogP contribution in [-0.2, 0) is 6.54 Å². The molecule has 0 fully saturated rings. The number of rotatable bonds is 3. The SMILES string of the molecule is Cc1n[nH]c(C)c1CNc1cnccc1Cl. The van der Waals surface area contributed by atoms with E-state index in [0.29, 0.717) is 11.6 Å². The number of pyridine rings is 1. The third-order valence-corrected chi connectivity index (χ3v) is 2.83. The Morgan fingerprint density at radius 3 is 2.88 bits per heavy atom. The van der Waals surface area contributed by atoms with Gasteiger partial charge in [0.1, 0.15) is 0 Å². The summed E-state index contributed by atoms with van der Waals surface area (Å²) in [6, 6.07) is 1.76. The molecule has 0 amide bonds. The molecule has 0 radical (unpaired) electrons. The number of anilines is 1. The Labute approximate surface area is 99.1 Å². The fourth-order valence-corrected chi connectivity index (χ4v) is 1.70. The summed E-state index contributed by atoms with van der Waals surface area (Å²) in [6.07, 6.45) is 3.38. The first-order valence-electron chi connectivity index (χ1n) is 5.02. The molecule has 0 saturated heterocycles. The van der Waals surface area contributed by atoms with Crippen LogP contribution in [-0.4, -0.2) is 15.2 Å². The van der Waals surface area contributed by atoms with E-state index in [1.165, 1.54) is 5.56 Å². The van der Waals surface area contributed by atoms with Gasteiger partial charge in [-0.2, -0.15) is 5.10 Å². The van der Waals surface area contributed by atoms with Gasteiger partial charge in [0.15, 0.2) is 0 Å². The van der Waals surface area contributed by atoms with Crippen LogP contribution >= 0.6 is 11.6 Å². The first kappa shape index (κ1) is 11.0. The highest BCUT2D eigenvalue weighted by Crippen LogP contribution is 2.20. The molecule has 2 N–H and O–H groups in total. The smallest absolute Gasteiger partial charge is 0.0718 e. The monoisotopic (exact) mass is 236 g/mol. The molecule has 5 heteroatoms. The lowest BCUT2D eigenvalue weighted by Crippen LogP contribution is -2.02. The second-order valence-corrected chi connectivity index (χ2v) is 4.03. The van der Waals surface area contributed by atoms with Crippen LogP contribution in [0.25, 0.3) is 0 Å². The lowest BCUT2D eigenvalue weighted by molar-refractivity contribution is 1.02. The Kier molecular flexibility index (Phi) is 3.10. The van der Waals surface area contributed by atoms with Gasteiger partial charge in [-0.15, -0.1) is 0 Å². The van der Waals surface area contributed by atoms with Crippen molar-refractivity contribution < 1.29 is 0 Å². The highest BCUT2D eigenvalue weighted by atomic mass is 35.5. The van der Waals surface area contributed by atoms with Gasteiger partial charge in [0.25, 0.3) is 0 Å². The zero-order valence-electron chi connectivity index (χ0n) is 9.21. The molecule has 0 atom stereocenters. The van der Waals surface area contributed by atoms with Gasteiger partial charge in [0.2, 0.25) is 0 Å². The van der Waals surface area contributed by atoms with E-state index in [1.807, 2.05) is 13.8 Å². The van der Waals surface area contributed by atoms with Crippen LogP contribution in [0.2, 0.25) is 5.02 Å². The quantitative estimate of drug-likeness (QED) is 0.862. The molecular weight excluding hydrogens is 224 g/mol. The largest absolute Gasteiger partial charge is 0.378 e. The molecule has 0 spiro atoms. The van der Waals surface area contributed by atoms with Crippen molar-refractivity contribution in [2.24, 2.45) is 0 Å². The molecule has 2 rings (SSSR count). The van der Waals surface area contributed by atoms with Crippen LogP contribution in [0.1, 0.15) is 17.0 Å². The molecule has 0 unspecified atom stereocenters. The van der Waals surface area contributed by atoms with Gasteiger partial charge in [-0.25, -0.2) is 0 Å². The maximum absolute atomic E-state index is 6.02. The molecule has 0 aromatic carbocycles. The lowest BCUT2D eigenvalue weighted by Gasteiger charge is -2.07. The van der Waals surface area contributed by atoms with Crippen LogP contribution < -0.4 is 5.32 Å². The molecule has 0 aliphatic heterocycles. The average Bonchev–Trinajstić information content (AvgIpc) is 2.58. The summed E-state index contributed by atoms with van der Waals surface area (Å²) in [7, 11) is 0. The minimum atomic E-state index is 0.675. The maximum atomic E-state index is 6.02. The van der Waals surface area contributed by atoms with E-state index in [4.69, 9.17) is 11.6 Å². The van der Waals surface area contributed by atoms with E-state index in [9.17, 15) is 0 Å². The van der Waals surface area contributed by atoms with Gasteiger partial charge in [0.05, 0.1) is 22.6 Å². The Balaban J connectivity index is 2.11. The third-order valence-electron chi connectivity index (χ3n) is 2.50. The zero-order chi connectivity index (χ0) is 11.5. The highest BCUT2D eigenvalue weighted by molar-refractivity contribution is 6.33. The summed E-state index contributed by atoms with van der Waals surface area (Å²) in [6.45, 7) is 4.67. The van der Waals surface area contributed by atoms with Crippen molar-refractivity contribution in [2.75, 3.05) is 5.32 Å². The predicted octanol–water partition coefficient (Wildman–Crippen LogP) is 2.69. The number of hydrogen-bond acceptors (Lipinski definition) is 3. The van der Waals surface area contributed by atoms with E-state index >= 15 is 0 Å². The van der Waals surface area contributed by atoms with E-state index < -0.39 is 0 Å². The standard InChI is InChI=1S/C11H13ClN4/c1-7-9(8(2)16-15-7)5-14-11-6-13-4-3-10(11)12/h3-4,6,14H,5H2,1-2H3,(H,15,16). The number of halogens is 1. The van der Waals surface area contributed by atoms with Gasteiger partial charge < -0.3 is 5.32 Å². The van der Waals surface area contributed by atoms with Crippen LogP contribution in [0.5, 0.6) is 0 Å². The summed E-state index contributed by atoms with van der Waals surface area (Å²) >= 11 is 6.02. The summed E-state index contributed by atoms with van der Waals surface area (Å²) in [4.78, 5) is 4.02. The lowest BCUT2D eigenvalue weighted by atomic mass is 10.2. The van der Waals surface area contributed by atoms with E-state index in [-0.39, 0.29) is 0 Å². The number of hydrogen-bond donors (Lipinski definition) is 2. The zero-order valence-corrected chi connectivity index (χ0v) is 9.97. The van der Waals surface area contributed by atoms with Gasteiger partial charge in [0, 0.05) is 24.0 Å². The van der Waals surface area contributed by atoms with E-state index in [1.54, 1.807) is 18.5 Å². The molecule has 16 heavy (non-hydrogen) atoms. The van der Waals surface area contributed by atoms with E-state index in [2.05, 4.69) is 20.5 Å². The number of aryl methyl sites for hydroxylation is 2. The summed E-state index contributed by atoms with van der Waals surface area (Å²) in [5.74, 6) is 0. The molecular formula is C11H13ClN4. The van der Waals surface area contributed by atoms with Crippen molar-refractivity contribution in [1.29, 1.82) is 0 Å². The second kappa shape index (κ2) is 4.53. The first-order chi connectivity index (χ1) is 7.68. The van der Waals surface area contributed by atoms with Crippen LogP contribution in [0, 0.1) is 13.8 Å². The number of aromatic nitrogens is 3. The Hall–Kier alpha value is -1.55. The fraction of sp³-hybridized carbons (Fsp3) is 0.273. The molecule has 0 saturated carbocycles. The van der Waals surface area contributed by atoms with Crippen molar-refractivity contribution in [1.82, 2.24) is 15.2 Å². The number of H-pyrrole nitrogens is 1. The fourth-order valence-electron chi connectivity index (χ4n) is 1.53. The Morgan fingerprint density at radius 1 is 1.44 bits per heavy atom. The number of aromatic amines is 1. The number of nitrogens with one attached hydrogen (secondary N) is 2. The minimum absolute atomic E-state index is 0.675. The van der Waals surface area contributed by atoms with Gasteiger partial charge in [-0.1, -0.05) is 11.6 Å². The van der Waals surface area contributed by atoms with Gasteiger partial charge >= 0.3 is 0 Å². The van der Waals surface area contributed by atoms with Crippen molar-refractivity contribution in [2.45, 2.75) is 20.4 Å². The minimum Gasteiger partial charge on any atom is -0.378 e. The summed E-state index contributed by atoms with van der Waals surface area (Å²) < 4.78 is 0. The molecule has 2 heterocycles. The molecule has 84 valence electrons. The topological polar surface area (TPSA) is 53.6 Å². The molecule has 4 nitrogen and oxygen atoms in total. The van der Waals surface area contributed by atoms with Crippen LogP contribution in [0.3, 0.4) is 0 Å². The van der Waals surface area contributed by atoms with Gasteiger partial charge in [-0.3, -0.25) is 10.1 Å². The molecule has 0 bridgehead atoms. The van der Waals surface area contributed by atoms with E-state index in [0.717, 1.165) is 17.1 Å². The maximum Gasteiger partial charge on any atom is 0.0718 e. The Bertz CT molecular complexity index is 473. The van der Waals surface area contributed by atoms with Crippen molar-refractivity contribution in [3.63, 3.8) is 0 Å². The van der Waals surface area contributed by atoms with Crippen molar-refractivity contribution >= 4 is 17.3 Å². The number of nitrogens with zero attached hydrogens (tertiary/aromatic N) is 2. The average molecular weight is 237 g/mol. The highest BCUT2D eigenvalue weighted by Gasteiger charge is 2.06. The second-order valence-electron chi connectivity index (χ2n) is 3.62. The normalized spacial score (nSPS) is 10.4. The van der Waals surface area contributed by atoms with Crippen LogP contribution in [0.15, 0.2) is 18.5 Å². The Morgan fingerprint density at radius 2 is 2.25 bits per heavy atom. The van der Waals surface area contributed by atoms with Crippen LogP contribution in [0.4, 0.5) is 5.69 Å². The predicted molar refractivity (Wildman–Crippen MR) is 64.6 cm³/mol.